The van der Waals surface area contributed by atoms with E-state index in [0.717, 1.165) is 60.7 Å². The van der Waals surface area contributed by atoms with Crippen LogP contribution >= 0.6 is 0 Å². The molecule has 0 aromatic carbocycles. The Labute approximate surface area is 235 Å². The summed E-state index contributed by atoms with van der Waals surface area (Å²) in [7, 11) is 0. The van der Waals surface area contributed by atoms with E-state index in [1.165, 1.54) is 89.9 Å². The Kier molecular flexibility index (Phi) is 9.06. The van der Waals surface area contributed by atoms with Crippen LogP contribution < -0.4 is 0 Å². The summed E-state index contributed by atoms with van der Waals surface area (Å²) in [5.41, 5.74) is 2.55. The van der Waals surface area contributed by atoms with Crippen LogP contribution in [-0.2, 0) is 9.53 Å². The maximum atomic E-state index is 12.7. The third-order valence-electron chi connectivity index (χ3n) is 13.0. The van der Waals surface area contributed by atoms with Gasteiger partial charge in [-0.1, -0.05) is 97.6 Å². The molecule has 0 N–H and O–H groups in total. The van der Waals surface area contributed by atoms with Crippen molar-refractivity contribution < 1.29 is 9.53 Å². The molecule has 0 aromatic heterocycles. The van der Waals surface area contributed by atoms with E-state index in [0.29, 0.717) is 17.3 Å². The van der Waals surface area contributed by atoms with E-state index in [4.69, 9.17) is 4.74 Å². The lowest BCUT2D eigenvalue weighted by molar-refractivity contribution is -0.152. The van der Waals surface area contributed by atoms with E-state index >= 15 is 0 Å². The van der Waals surface area contributed by atoms with Crippen LogP contribution in [0.1, 0.15) is 150 Å². The minimum atomic E-state index is 0.0754. The molecule has 5 rings (SSSR count). The second kappa shape index (κ2) is 12.0. The van der Waals surface area contributed by atoms with Gasteiger partial charge < -0.3 is 4.74 Å². The molecule has 38 heavy (non-hydrogen) atoms. The van der Waals surface area contributed by atoms with E-state index in [2.05, 4.69) is 40.7 Å². The van der Waals surface area contributed by atoms with Crippen LogP contribution in [0.25, 0.3) is 0 Å². The first kappa shape index (κ1) is 28.7. The standard InChI is InChI=1S/C36H60O2/c1-25(2)10-9-11-26(3)31-17-18-32-30-16-15-28-24-29(38-34(37)19-14-27-12-7-6-8-13-27)20-22-35(28,4)33(30)21-23-36(31,32)5/h15,25-27,29-33H,6-14,16-24H2,1-5H3/t26-,29-,30+,31+,32-,33+,35-,36+/m0/s1. The normalized spacial score (nSPS) is 40.2. The van der Waals surface area contributed by atoms with Crippen molar-refractivity contribution >= 4 is 5.97 Å². The fraction of sp³-hybridized carbons (Fsp3) is 0.917. The molecule has 0 heterocycles. The quantitative estimate of drug-likeness (QED) is 0.221. The van der Waals surface area contributed by atoms with Crippen LogP contribution in [0, 0.1) is 52.3 Å². The molecule has 0 unspecified atom stereocenters. The molecule has 0 bridgehead atoms. The number of carbonyl (C=O) groups excluding carboxylic acids is 1. The van der Waals surface area contributed by atoms with Crippen LogP contribution in [0.15, 0.2) is 11.6 Å². The lowest BCUT2D eigenvalue weighted by Crippen LogP contribution is -2.51. The van der Waals surface area contributed by atoms with Crippen molar-refractivity contribution in [3.8, 4) is 0 Å². The zero-order valence-electron chi connectivity index (χ0n) is 25.7. The Morgan fingerprint density at radius 2 is 1.74 bits per heavy atom. The van der Waals surface area contributed by atoms with Crippen molar-refractivity contribution in [3.63, 3.8) is 0 Å². The molecule has 4 saturated carbocycles. The largest absolute Gasteiger partial charge is 0.462 e. The van der Waals surface area contributed by atoms with E-state index in [9.17, 15) is 4.79 Å². The number of carbonyl (C=O) groups is 1. The summed E-state index contributed by atoms with van der Waals surface area (Å²) in [6.07, 6.45) is 25.8. The smallest absolute Gasteiger partial charge is 0.306 e. The topological polar surface area (TPSA) is 26.3 Å². The van der Waals surface area contributed by atoms with Gasteiger partial charge in [0.25, 0.3) is 0 Å². The highest BCUT2D eigenvalue weighted by atomic mass is 16.5. The predicted octanol–water partition coefficient (Wildman–Crippen LogP) is 10.3. The van der Waals surface area contributed by atoms with E-state index in [1.54, 1.807) is 5.57 Å². The Morgan fingerprint density at radius 1 is 0.947 bits per heavy atom. The molecule has 4 fully saturated rings. The zero-order valence-corrected chi connectivity index (χ0v) is 25.7. The molecule has 216 valence electrons. The van der Waals surface area contributed by atoms with Crippen molar-refractivity contribution in [2.24, 2.45) is 52.3 Å². The fourth-order valence-electron chi connectivity index (χ4n) is 10.8. The van der Waals surface area contributed by atoms with Crippen molar-refractivity contribution in [3.05, 3.63) is 11.6 Å². The second-order valence-corrected chi connectivity index (χ2v) is 15.7. The summed E-state index contributed by atoms with van der Waals surface area (Å²) in [5.74, 6) is 6.14. The van der Waals surface area contributed by atoms with Gasteiger partial charge in [0.1, 0.15) is 6.10 Å². The number of allylic oxidation sites excluding steroid dienone is 1. The summed E-state index contributed by atoms with van der Waals surface area (Å²) >= 11 is 0. The number of hydrogen-bond acceptors (Lipinski definition) is 2. The van der Waals surface area contributed by atoms with Crippen molar-refractivity contribution in [1.29, 1.82) is 0 Å². The molecule has 0 aromatic rings. The molecule has 5 aliphatic carbocycles. The molecule has 0 spiro atoms. The van der Waals surface area contributed by atoms with Crippen molar-refractivity contribution in [1.82, 2.24) is 0 Å². The van der Waals surface area contributed by atoms with Crippen LogP contribution in [-0.4, -0.2) is 12.1 Å². The first-order valence-electron chi connectivity index (χ1n) is 17.1. The highest BCUT2D eigenvalue weighted by Crippen LogP contribution is 2.67. The van der Waals surface area contributed by atoms with Gasteiger partial charge in [-0.15, -0.1) is 0 Å². The monoisotopic (exact) mass is 524 g/mol. The van der Waals surface area contributed by atoms with Gasteiger partial charge in [0.15, 0.2) is 0 Å². The molecule has 8 atom stereocenters. The molecular weight excluding hydrogens is 464 g/mol. The van der Waals surface area contributed by atoms with Gasteiger partial charge in [-0.3, -0.25) is 4.79 Å². The molecule has 2 nitrogen and oxygen atoms in total. The molecule has 5 aliphatic rings. The fourth-order valence-corrected chi connectivity index (χ4v) is 10.8. The van der Waals surface area contributed by atoms with Crippen LogP contribution in [0.5, 0.6) is 0 Å². The average molecular weight is 525 g/mol. The molecule has 0 radical (unpaired) electrons. The van der Waals surface area contributed by atoms with Gasteiger partial charge in [0.05, 0.1) is 0 Å². The Bertz CT molecular complexity index is 836. The first-order valence-corrected chi connectivity index (χ1v) is 17.1. The number of rotatable bonds is 9. The third kappa shape index (κ3) is 5.81. The Morgan fingerprint density at radius 3 is 2.50 bits per heavy atom. The molecule has 0 aliphatic heterocycles. The van der Waals surface area contributed by atoms with Gasteiger partial charge >= 0.3 is 5.97 Å². The van der Waals surface area contributed by atoms with Gasteiger partial charge in [-0.25, -0.2) is 0 Å². The first-order chi connectivity index (χ1) is 18.2. The van der Waals surface area contributed by atoms with Gasteiger partial charge in [-0.2, -0.15) is 0 Å². The van der Waals surface area contributed by atoms with Gasteiger partial charge in [0, 0.05) is 12.8 Å². The Hall–Kier alpha value is -0.790. The number of hydrogen-bond donors (Lipinski definition) is 0. The summed E-state index contributed by atoms with van der Waals surface area (Å²) in [6.45, 7) is 12.6. The van der Waals surface area contributed by atoms with E-state index < -0.39 is 0 Å². The lowest BCUT2D eigenvalue weighted by atomic mass is 9.47. The third-order valence-corrected chi connectivity index (χ3v) is 13.0. The van der Waals surface area contributed by atoms with Crippen molar-refractivity contribution in [2.75, 3.05) is 0 Å². The molecule has 0 saturated heterocycles. The molecule has 2 heteroatoms. The van der Waals surface area contributed by atoms with Crippen molar-refractivity contribution in [2.45, 2.75) is 156 Å². The van der Waals surface area contributed by atoms with Crippen LogP contribution in [0.4, 0.5) is 0 Å². The summed E-state index contributed by atoms with van der Waals surface area (Å²) in [6, 6.07) is 0. The minimum absolute atomic E-state index is 0.0754. The number of fused-ring (bicyclic) bond motifs is 5. The highest BCUT2D eigenvalue weighted by Gasteiger charge is 2.59. The summed E-state index contributed by atoms with van der Waals surface area (Å²) < 4.78 is 6.11. The number of ether oxygens (including phenoxy) is 1. The van der Waals surface area contributed by atoms with E-state index in [-0.39, 0.29) is 12.1 Å². The second-order valence-electron chi connectivity index (χ2n) is 15.7. The Balaban J connectivity index is 1.17. The van der Waals surface area contributed by atoms with Crippen LogP contribution in [0.2, 0.25) is 0 Å². The molecular formula is C36H60O2. The van der Waals surface area contributed by atoms with E-state index in [1.807, 2.05) is 0 Å². The maximum absolute atomic E-state index is 12.7. The van der Waals surface area contributed by atoms with Gasteiger partial charge in [-0.05, 0) is 104 Å². The number of esters is 1. The zero-order chi connectivity index (χ0) is 26.9. The minimum Gasteiger partial charge on any atom is -0.462 e. The lowest BCUT2D eigenvalue weighted by Gasteiger charge is -2.58. The summed E-state index contributed by atoms with van der Waals surface area (Å²) in [5, 5.41) is 0. The molecule has 0 amide bonds. The maximum Gasteiger partial charge on any atom is 0.306 e. The predicted molar refractivity (Wildman–Crippen MR) is 159 cm³/mol. The summed E-state index contributed by atoms with van der Waals surface area (Å²) in [4.78, 5) is 12.7. The average Bonchev–Trinajstić information content (AvgIpc) is 3.25. The highest BCUT2D eigenvalue weighted by molar-refractivity contribution is 5.69. The van der Waals surface area contributed by atoms with Gasteiger partial charge in [0.2, 0.25) is 0 Å². The SMILES string of the molecule is CC(C)CCC[C@H](C)[C@H]1CC[C@H]2[C@H]3CC=C4C[C@@H](OC(=O)CCC5CCCCC5)CC[C@]4(C)[C@@H]3CC[C@]12C. The van der Waals surface area contributed by atoms with Crippen LogP contribution in [0.3, 0.4) is 0 Å².